The van der Waals surface area contributed by atoms with Crippen LogP contribution in [0.2, 0.25) is 10.2 Å². The van der Waals surface area contributed by atoms with Gasteiger partial charge in [-0.15, -0.1) is 0 Å². The molecule has 6 heteroatoms. The van der Waals surface area contributed by atoms with E-state index in [0.29, 0.717) is 16.5 Å². The van der Waals surface area contributed by atoms with Crippen molar-refractivity contribution in [2.24, 2.45) is 0 Å². The molecule has 0 radical (unpaired) electrons. The number of aryl methyl sites for hydroxylation is 1. The van der Waals surface area contributed by atoms with Crippen LogP contribution in [0.3, 0.4) is 0 Å². The molecule has 0 fully saturated rings. The molecule has 3 aromatic rings. The third kappa shape index (κ3) is 2.45. The van der Waals surface area contributed by atoms with Crippen molar-refractivity contribution in [2.45, 2.75) is 6.92 Å². The number of hydrogen-bond donors (Lipinski definition) is 0. The van der Waals surface area contributed by atoms with Crippen molar-refractivity contribution in [3.8, 4) is 11.4 Å². The molecule has 1 aromatic heterocycles. The summed E-state index contributed by atoms with van der Waals surface area (Å²) in [5.41, 5.74) is 0.870. The summed E-state index contributed by atoms with van der Waals surface area (Å²) in [5, 5.41) is 0.613. The van der Waals surface area contributed by atoms with Crippen molar-refractivity contribution >= 4 is 34.1 Å². The third-order valence-electron chi connectivity index (χ3n) is 3.12. The molecule has 2 aromatic carbocycles. The lowest BCUT2D eigenvalue weighted by Gasteiger charge is -2.07. The Morgan fingerprint density at radius 2 is 1.81 bits per heavy atom. The zero-order valence-electron chi connectivity index (χ0n) is 10.8. The van der Waals surface area contributed by atoms with Crippen LogP contribution < -0.4 is 0 Å². The average molecular weight is 325 g/mol. The molecule has 0 aliphatic heterocycles. The summed E-state index contributed by atoms with van der Waals surface area (Å²) in [6.07, 6.45) is 0. The van der Waals surface area contributed by atoms with Crippen LogP contribution >= 0.6 is 23.2 Å². The van der Waals surface area contributed by atoms with E-state index < -0.39 is 11.6 Å². The monoisotopic (exact) mass is 324 g/mol. The molecule has 0 spiro atoms. The first-order valence-corrected chi connectivity index (χ1v) is 6.81. The zero-order chi connectivity index (χ0) is 15.1. The predicted octanol–water partition coefficient (Wildman–Crippen LogP) is 5.19. The van der Waals surface area contributed by atoms with E-state index in [1.807, 2.05) is 0 Å². The fourth-order valence-electron chi connectivity index (χ4n) is 2.02. The molecule has 0 bridgehead atoms. The van der Waals surface area contributed by atoms with Gasteiger partial charge in [0.05, 0.1) is 16.1 Å². The molecule has 0 aliphatic rings. The summed E-state index contributed by atoms with van der Waals surface area (Å²) >= 11 is 11.8. The Kier molecular flexibility index (Phi) is 3.51. The highest BCUT2D eigenvalue weighted by atomic mass is 35.5. The van der Waals surface area contributed by atoms with Gasteiger partial charge in [0.2, 0.25) is 0 Å². The number of hydrogen-bond acceptors (Lipinski definition) is 2. The van der Waals surface area contributed by atoms with Crippen LogP contribution in [0.15, 0.2) is 30.3 Å². The van der Waals surface area contributed by atoms with Crippen molar-refractivity contribution in [3.63, 3.8) is 0 Å². The Morgan fingerprint density at radius 1 is 1.05 bits per heavy atom. The van der Waals surface area contributed by atoms with Crippen LogP contribution in [0.25, 0.3) is 22.3 Å². The largest absolute Gasteiger partial charge is 0.228 e. The molecular formula is C15H8Cl2F2N2. The molecule has 1 heterocycles. The predicted molar refractivity (Wildman–Crippen MR) is 79.6 cm³/mol. The van der Waals surface area contributed by atoms with E-state index in [1.165, 1.54) is 18.2 Å². The van der Waals surface area contributed by atoms with Gasteiger partial charge in [0.15, 0.2) is 11.6 Å². The minimum atomic E-state index is -0.637. The number of rotatable bonds is 1. The summed E-state index contributed by atoms with van der Waals surface area (Å²) in [7, 11) is 0. The topological polar surface area (TPSA) is 25.8 Å². The molecule has 0 unspecified atom stereocenters. The summed E-state index contributed by atoms with van der Waals surface area (Å²) in [5.74, 6) is -0.979. The highest BCUT2D eigenvalue weighted by Crippen LogP contribution is 2.30. The van der Waals surface area contributed by atoms with E-state index in [2.05, 4.69) is 9.97 Å². The lowest BCUT2D eigenvalue weighted by Crippen LogP contribution is -1.96. The second-order valence-electron chi connectivity index (χ2n) is 4.56. The van der Waals surface area contributed by atoms with Gasteiger partial charge in [-0.05, 0) is 30.7 Å². The quantitative estimate of drug-likeness (QED) is 0.575. The molecule has 0 N–H and O–H groups in total. The Labute approximate surface area is 129 Å². The lowest BCUT2D eigenvalue weighted by molar-refractivity contribution is 0.620. The van der Waals surface area contributed by atoms with E-state index in [4.69, 9.17) is 23.2 Å². The smallest absolute Gasteiger partial charge is 0.164 e. The molecule has 0 saturated carbocycles. The molecule has 0 aliphatic carbocycles. The minimum absolute atomic E-state index is 0.0394. The summed E-state index contributed by atoms with van der Waals surface area (Å²) in [4.78, 5) is 8.25. The molecular weight excluding hydrogens is 317 g/mol. The SMILES string of the molecule is Cc1cc2c(Cl)nc(-c3cccc(Cl)c3F)nc2cc1F. The zero-order valence-corrected chi connectivity index (χ0v) is 12.3. The van der Waals surface area contributed by atoms with Gasteiger partial charge in [0.1, 0.15) is 11.0 Å². The minimum Gasteiger partial charge on any atom is -0.228 e. The van der Waals surface area contributed by atoms with Gasteiger partial charge in [-0.1, -0.05) is 29.3 Å². The van der Waals surface area contributed by atoms with Crippen molar-refractivity contribution in [1.82, 2.24) is 9.97 Å². The lowest BCUT2D eigenvalue weighted by atomic mass is 10.1. The van der Waals surface area contributed by atoms with E-state index in [9.17, 15) is 8.78 Å². The fourth-order valence-corrected chi connectivity index (χ4v) is 2.42. The van der Waals surface area contributed by atoms with Crippen LogP contribution in [0.5, 0.6) is 0 Å². The Balaban J connectivity index is 2.30. The van der Waals surface area contributed by atoms with Gasteiger partial charge in [0.25, 0.3) is 0 Å². The summed E-state index contributed by atoms with van der Waals surface area (Å²) in [6, 6.07) is 7.31. The van der Waals surface area contributed by atoms with Crippen molar-refractivity contribution in [2.75, 3.05) is 0 Å². The van der Waals surface area contributed by atoms with Crippen molar-refractivity contribution in [3.05, 3.63) is 57.7 Å². The number of benzene rings is 2. The van der Waals surface area contributed by atoms with E-state index in [-0.39, 0.29) is 21.6 Å². The molecule has 0 atom stereocenters. The van der Waals surface area contributed by atoms with Gasteiger partial charge in [-0.25, -0.2) is 18.7 Å². The van der Waals surface area contributed by atoms with Gasteiger partial charge in [0, 0.05) is 11.5 Å². The molecule has 3 rings (SSSR count). The Bertz CT molecular complexity index is 866. The average Bonchev–Trinajstić information content (AvgIpc) is 2.44. The number of nitrogens with zero attached hydrogens (tertiary/aromatic N) is 2. The molecule has 0 saturated heterocycles. The Morgan fingerprint density at radius 3 is 2.57 bits per heavy atom. The first-order chi connectivity index (χ1) is 9.97. The van der Waals surface area contributed by atoms with Gasteiger partial charge in [-0.3, -0.25) is 0 Å². The van der Waals surface area contributed by atoms with Crippen LogP contribution in [-0.2, 0) is 0 Å². The molecule has 2 nitrogen and oxygen atoms in total. The highest BCUT2D eigenvalue weighted by Gasteiger charge is 2.14. The van der Waals surface area contributed by atoms with Crippen molar-refractivity contribution < 1.29 is 8.78 Å². The molecule has 0 amide bonds. The maximum atomic E-state index is 14.0. The number of halogens is 4. The molecule has 21 heavy (non-hydrogen) atoms. The van der Waals surface area contributed by atoms with Gasteiger partial charge >= 0.3 is 0 Å². The van der Waals surface area contributed by atoms with Crippen LogP contribution in [-0.4, -0.2) is 9.97 Å². The number of fused-ring (bicyclic) bond motifs is 1. The van der Waals surface area contributed by atoms with Crippen LogP contribution in [0, 0.1) is 18.6 Å². The first-order valence-electron chi connectivity index (χ1n) is 6.05. The summed E-state index contributed by atoms with van der Waals surface area (Å²) < 4.78 is 27.7. The van der Waals surface area contributed by atoms with Crippen molar-refractivity contribution in [1.29, 1.82) is 0 Å². The second-order valence-corrected chi connectivity index (χ2v) is 5.32. The highest BCUT2D eigenvalue weighted by molar-refractivity contribution is 6.34. The standard InChI is InChI=1S/C15H8Cl2F2N2/c1-7-5-9-12(6-11(7)18)20-15(21-14(9)17)8-3-2-4-10(16)13(8)19/h2-6H,1H3. The molecule has 106 valence electrons. The summed E-state index contributed by atoms with van der Waals surface area (Å²) in [6.45, 7) is 1.62. The first kappa shape index (κ1) is 14.2. The van der Waals surface area contributed by atoms with E-state index in [1.54, 1.807) is 19.1 Å². The van der Waals surface area contributed by atoms with Crippen LogP contribution in [0.1, 0.15) is 5.56 Å². The number of aromatic nitrogens is 2. The second kappa shape index (κ2) is 5.20. The fraction of sp³-hybridized carbons (Fsp3) is 0.0667. The van der Waals surface area contributed by atoms with E-state index >= 15 is 0 Å². The van der Waals surface area contributed by atoms with E-state index in [0.717, 1.165) is 0 Å². The van der Waals surface area contributed by atoms with Crippen LogP contribution in [0.4, 0.5) is 8.78 Å². The Hall–Kier alpha value is -1.78. The van der Waals surface area contributed by atoms with Gasteiger partial charge < -0.3 is 0 Å². The maximum Gasteiger partial charge on any atom is 0.164 e. The van der Waals surface area contributed by atoms with Gasteiger partial charge in [-0.2, -0.15) is 0 Å². The maximum absolute atomic E-state index is 14.0. The normalized spacial score (nSPS) is 11.1. The third-order valence-corrected chi connectivity index (χ3v) is 3.70.